The Hall–Kier alpha value is -4.48. The predicted octanol–water partition coefficient (Wildman–Crippen LogP) is 3.18. The molecule has 2 saturated heterocycles. The third kappa shape index (κ3) is 4.21. The van der Waals surface area contributed by atoms with Crippen molar-refractivity contribution in [3.8, 4) is 40.4 Å². The summed E-state index contributed by atoms with van der Waals surface area (Å²) in [6, 6.07) is 9.77. The number of nitrogens with zero attached hydrogens (tertiary/aromatic N) is 7. The Morgan fingerprint density at radius 2 is 2.05 bits per heavy atom. The number of hydrogen-bond acceptors (Lipinski definition) is 9. The number of carbonyl (C=O) groups is 1. The fraction of sp³-hybridized carbons (Fsp3) is 0.333. The van der Waals surface area contributed by atoms with Gasteiger partial charge in [0.05, 0.1) is 34.7 Å². The lowest BCUT2D eigenvalue weighted by Crippen LogP contribution is -2.64. The van der Waals surface area contributed by atoms with Crippen LogP contribution in [0.4, 0.5) is 10.8 Å². The molecule has 1 unspecified atom stereocenters. The highest BCUT2D eigenvalue weighted by Crippen LogP contribution is 2.43. The minimum atomic E-state index is -0.420. The van der Waals surface area contributed by atoms with Crippen molar-refractivity contribution in [2.75, 3.05) is 23.3 Å². The average Bonchev–Trinajstić information content (AvgIpc) is 3.59. The lowest BCUT2D eigenvalue weighted by Gasteiger charge is -2.53. The van der Waals surface area contributed by atoms with E-state index in [-0.39, 0.29) is 11.9 Å². The number of piperidine rings is 2. The molecule has 2 aliphatic heterocycles. The SMILES string of the molecule is C#Cc1cnn2c(-c3cc(N[C@@H](C)C#N)c(-c4nnc(N5C[C@H]6C[C@@H](C5)C6NC(C)=O)s4)cn3)ccc2c1. The van der Waals surface area contributed by atoms with E-state index in [1.807, 2.05) is 24.3 Å². The van der Waals surface area contributed by atoms with Crippen LogP contribution >= 0.6 is 11.3 Å². The van der Waals surface area contributed by atoms with Gasteiger partial charge >= 0.3 is 0 Å². The van der Waals surface area contributed by atoms with Crippen LogP contribution in [0.1, 0.15) is 25.8 Å². The molecule has 1 aliphatic carbocycles. The van der Waals surface area contributed by atoms with E-state index in [9.17, 15) is 10.1 Å². The van der Waals surface area contributed by atoms with Crippen LogP contribution in [0, 0.1) is 35.5 Å². The Morgan fingerprint density at radius 3 is 2.79 bits per heavy atom. The molecule has 0 spiro atoms. The molecule has 2 bridgehead atoms. The number of pyridine rings is 1. The van der Waals surface area contributed by atoms with Gasteiger partial charge in [-0.1, -0.05) is 17.3 Å². The third-order valence-electron chi connectivity index (χ3n) is 7.22. The highest BCUT2D eigenvalue weighted by molar-refractivity contribution is 7.18. The number of rotatable bonds is 6. The maximum Gasteiger partial charge on any atom is 0.217 e. The summed E-state index contributed by atoms with van der Waals surface area (Å²) in [7, 11) is 0. The summed E-state index contributed by atoms with van der Waals surface area (Å²) < 4.78 is 1.79. The molecule has 11 heteroatoms. The zero-order chi connectivity index (χ0) is 26.4. The Balaban J connectivity index is 1.30. The number of nitrogens with one attached hydrogen (secondary N) is 2. The normalized spacial score (nSPS) is 20.7. The summed E-state index contributed by atoms with van der Waals surface area (Å²) in [5.41, 5.74) is 4.61. The molecule has 6 heterocycles. The molecule has 0 aromatic carbocycles. The molecule has 1 amide bonds. The molecule has 2 N–H and O–H groups in total. The molecular formula is C27H25N9OS. The number of amides is 1. The number of terminal acetylenes is 1. The molecule has 4 aromatic heterocycles. The molecule has 7 rings (SSSR count). The van der Waals surface area contributed by atoms with Gasteiger partial charge in [-0.15, -0.1) is 16.6 Å². The second-order valence-corrected chi connectivity index (χ2v) is 10.8. The number of carbonyl (C=O) groups excluding carboxylic acids is 1. The van der Waals surface area contributed by atoms with Gasteiger partial charge in [-0.3, -0.25) is 9.78 Å². The first-order chi connectivity index (χ1) is 18.4. The van der Waals surface area contributed by atoms with Crippen LogP contribution < -0.4 is 15.5 Å². The number of hydrogen-bond donors (Lipinski definition) is 2. The fourth-order valence-corrected chi connectivity index (χ4v) is 6.28. The van der Waals surface area contributed by atoms with E-state index in [1.54, 1.807) is 30.8 Å². The van der Waals surface area contributed by atoms with Crippen molar-refractivity contribution in [1.82, 2.24) is 30.1 Å². The van der Waals surface area contributed by atoms with Gasteiger partial charge in [-0.2, -0.15) is 10.4 Å². The first kappa shape index (κ1) is 23.9. The summed E-state index contributed by atoms with van der Waals surface area (Å²) in [6.07, 6.45) is 10.1. The minimum Gasteiger partial charge on any atom is -0.369 e. The fourth-order valence-electron chi connectivity index (χ4n) is 5.39. The van der Waals surface area contributed by atoms with Gasteiger partial charge < -0.3 is 15.5 Å². The maximum atomic E-state index is 11.5. The number of nitriles is 1. The van der Waals surface area contributed by atoms with Crippen molar-refractivity contribution >= 4 is 33.6 Å². The Bertz CT molecular complexity index is 1620. The lowest BCUT2D eigenvalue weighted by molar-refractivity contribution is -0.122. The van der Waals surface area contributed by atoms with Crippen molar-refractivity contribution in [3.05, 3.63) is 42.2 Å². The predicted molar refractivity (Wildman–Crippen MR) is 145 cm³/mol. The van der Waals surface area contributed by atoms with Crippen LogP contribution in [0.15, 0.2) is 36.7 Å². The van der Waals surface area contributed by atoms with E-state index in [2.05, 4.69) is 42.8 Å². The van der Waals surface area contributed by atoms with Gasteiger partial charge in [0.25, 0.3) is 0 Å². The molecule has 190 valence electrons. The number of anilines is 2. The average molecular weight is 524 g/mol. The molecule has 38 heavy (non-hydrogen) atoms. The third-order valence-corrected chi connectivity index (χ3v) is 8.23. The zero-order valence-electron chi connectivity index (χ0n) is 20.9. The van der Waals surface area contributed by atoms with E-state index in [1.165, 1.54) is 11.3 Å². The molecule has 4 atom stereocenters. The first-order valence-corrected chi connectivity index (χ1v) is 13.2. The standard InChI is InChI=1S/C27H25N9OS/c1-4-17-7-20-5-6-24(36(20)30-11-17)23-9-22(31-15(2)10-28)21(12-29-23)26-33-34-27(38-26)35-13-18-8-19(14-35)25(18)32-16(3)37/h1,5-7,9,11-12,15,18-19,25H,8,13-14H2,2-3H3,(H,29,31)(H,32,37)/t15-,18-,19+,25?/m0/s1. The minimum absolute atomic E-state index is 0.0279. The first-order valence-electron chi connectivity index (χ1n) is 12.4. The lowest BCUT2D eigenvalue weighted by atomic mass is 9.66. The zero-order valence-corrected chi connectivity index (χ0v) is 21.7. The topological polar surface area (TPSA) is 124 Å². The molecule has 3 aliphatic rings. The summed E-state index contributed by atoms with van der Waals surface area (Å²) in [5.74, 6) is 3.50. The van der Waals surface area contributed by atoms with E-state index in [0.29, 0.717) is 23.1 Å². The molecule has 3 fully saturated rings. The second kappa shape index (κ2) is 9.43. The van der Waals surface area contributed by atoms with Crippen LogP contribution in [0.5, 0.6) is 0 Å². The van der Waals surface area contributed by atoms with Crippen LogP contribution in [0.25, 0.3) is 27.5 Å². The molecule has 10 nitrogen and oxygen atoms in total. The van der Waals surface area contributed by atoms with Crippen molar-refractivity contribution in [2.45, 2.75) is 32.4 Å². The quantitative estimate of drug-likeness (QED) is 0.369. The van der Waals surface area contributed by atoms with Gasteiger partial charge in [0.1, 0.15) is 6.04 Å². The van der Waals surface area contributed by atoms with Crippen molar-refractivity contribution in [3.63, 3.8) is 0 Å². The van der Waals surface area contributed by atoms with Gasteiger partial charge in [-0.25, -0.2) is 4.52 Å². The smallest absolute Gasteiger partial charge is 0.217 e. The van der Waals surface area contributed by atoms with Crippen molar-refractivity contribution in [2.24, 2.45) is 11.8 Å². The highest BCUT2D eigenvalue weighted by Gasteiger charge is 2.47. The largest absolute Gasteiger partial charge is 0.369 e. The summed E-state index contributed by atoms with van der Waals surface area (Å²) >= 11 is 1.51. The summed E-state index contributed by atoms with van der Waals surface area (Å²) in [6.45, 7) is 5.07. The van der Waals surface area contributed by atoms with E-state index in [4.69, 9.17) is 11.4 Å². The van der Waals surface area contributed by atoms with E-state index in [0.717, 1.165) is 52.1 Å². The second-order valence-electron chi connectivity index (χ2n) is 9.83. The van der Waals surface area contributed by atoms with Crippen molar-refractivity contribution in [1.29, 1.82) is 5.26 Å². The summed E-state index contributed by atoms with van der Waals surface area (Å²) in [5, 5.41) is 30.9. The van der Waals surface area contributed by atoms with Crippen LogP contribution in [-0.4, -0.2) is 55.9 Å². The van der Waals surface area contributed by atoms with Gasteiger partial charge in [0.15, 0.2) is 5.01 Å². The van der Waals surface area contributed by atoms with E-state index < -0.39 is 6.04 Å². The van der Waals surface area contributed by atoms with Gasteiger partial charge in [-0.05, 0) is 49.4 Å². The Kier molecular flexibility index (Phi) is 5.93. The van der Waals surface area contributed by atoms with Crippen LogP contribution in [0.3, 0.4) is 0 Å². The Labute approximate surface area is 223 Å². The molecular weight excluding hydrogens is 498 g/mol. The monoisotopic (exact) mass is 523 g/mol. The van der Waals surface area contributed by atoms with Gasteiger partial charge in [0.2, 0.25) is 11.0 Å². The van der Waals surface area contributed by atoms with E-state index >= 15 is 0 Å². The van der Waals surface area contributed by atoms with Crippen LogP contribution in [-0.2, 0) is 4.79 Å². The number of aromatic nitrogens is 5. The summed E-state index contributed by atoms with van der Waals surface area (Å²) in [4.78, 5) is 18.5. The van der Waals surface area contributed by atoms with Gasteiger partial charge in [0, 0.05) is 43.5 Å². The van der Waals surface area contributed by atoms with Crippen LogP contribution in [0.2, 0.25) is 0 Å². The molecule has 1 saturated carbocycles. The van der Waals surface area contributed by atoms with Crippen molar-refractivity contribution < 1.29 is 4.79 Å². The number of fused-ring (bicyclic) bond motifs is 3. The maximum absolute atomic E-state index is 11.5. The molecule has 4 aromatic rings. The highest BCUT2D eigenvalue weighted by atomic mass is 32.1. The molecule has 0 radical (unpaired) electrons. The Morgan fingerprint density at radius 1 is 1.24 bits per heavy atom.